The molecule has 0 bridgehead atoms. The summed E-state index contributed by atoms with van der Waals surface area (Å²) < 4.78 is 0. The molecule has 0 N–H and O–H groups in total. The molecule has 0 saturated heterocycles. The summed E-state index contributed by atoms with van der Waals surface area (Å²) >= 11 is 2.05. The molecule has 0 radical (unpaired) electrons. The fraction of sp³-hybridized carbons (Fsp3) is 0.538. The summed E-state index contributed by atoms with van der Waals surface area (Å²) in [4.78, 5) is 1.43. The van der Waals surface area contributed by atoms with Crippen LogP contribution in [-0.2, 0) is 0 Å². The fourth-order valence-electron chi connectivity index (χ4n) is 1.79. The third kappa shape index (κ3) is 4.79. The molecule has 0 aliphatic carbocycles. The summed E-state index contributed by atoms with van der Waals surface area (Å²) in [6.07, 6.45) is 5.27. The molecule has 0 atom stereocenters. The van der Waals surface area contributed by atoms with Crippen molar-refractivity contribution >= 4 is 17.6 Å². The van der Waals surface area contributed by atoms with Crippen molar-refractivity contribution in [3.63, 3.8) is 0 Å². The van der Waals surface area contributed by atoms with E-state index in [1.54, 1.807) is 0 Å². The smallest absolute Gasteiger partial charge is 0.176 e. The van der Waals surface area contributed by atoms with Gasteiger partial charge in [0.1, 0.15) is 0 Å². The van der Waals surface area contributed by atoms with E-state index >= 15 is 0 Å². The van der Waals surface area contributed by atoms with Crippen LogP contribution in [-0.4, -0.2) is 5.99 Å². The number of hydrogen-bond donors (Lipinski definition) is 0. The molecule has 0 unspecified atom stereocenters. The van der Waals surface area contributed by atoms with E-state index in [4.69, 9.17) is 0 Å². The number of benzene rings is 1. The van der Waals surface area contributed by atoms with Crippen molar-refractivity contribution < 1.29 is 0 Å². The van der Waals surface area contributed by atoms with E-state index < -0.39 is 0 Å². The van der Waals surface area contributed by atoms with Gasteiger partial charge in [0.25, 0.3) is 0 Å². The highest BCUT2D eigenvalue weighted by Crippen LogP contribution is 2.27. The molecule has 0 nitrogen and oxygen atoms in total. The average Bonchev–Trinajstić information content (AvgIpc) is 2.18. The molecule has 0 heterocycles. The predicted molar refractivity (Wildman–Crippen MR) is 73.0 cm³/mol. The Labute approximate surface area is 98.8 Å². The molecule has 0 fully saturated rings. The lowest BCUT2D eigenvalue weighted by atomic mass is 9.67. The maximum Gasteiger partial charge on any atom is 0.215 e. The summed E-state index contributed by atoms with van der Waals surface area (Å²) in [7, 11) is 0. The highest BCUT2D eigenvalue weighted by molar-refractivity contribution is 8.25. The first-order valence-corrected chi connectivity index (χ1v) is 6.87. The molecule has 0 aromatic heterocycles. The molecular weight excluding hydrogens is 199 g/mol. The van der Waals surface area contributed by atoms with Gasteiger partial charge in [0, 0.05) is 0 Å². The second kappa shape index (κ2) is 7.00. The zero-order valence-corrected chi connectivity index (χ0v) is 10.9. The Morgan fingerprint density at radius 3 is 2.33 bits per heavy atom. The van der Waals surface area contributed by atoms with Crippen LogP contribution in [0.3, 0.4) is 0 Å². The summed E-state index contributed by atoms with van der Waals surface area (Å²) in [5, 5.41) is 0. The van der Waals surface area contributed by atoms with Gasteiger partial charge in [-0.05, 0) is 24.0 Å². The van der Waals surface area contributed by atoms with E-state index in [1.807, 2.05) is 0 Å². The number of aryl methyl sites for hydroxylation is 1. The van der Waals surface area contributed by atoms with Gasteiger partial charge in [0.05, 0.1) is 0 Å². The Bertz CT molecular complexity index is 280. The second-order valence-electron chi connectivity index (χ2n) is 4.13. The van der Waals surface area contributed by atoms with Crippen molar-refractivity contribution in [2.45, 2.75) is 51.1 Å². The SMILES string of the molecule is CCCB(CCC)Sc1cccc(C)c1. The van der Waals surface area contributed by atoms with Crippen molar-refractivity contribution in [1.29, 1.82) is 0 Å². The van der Waals surface area contributed by atoms with Crippen LogP contribution in [0.2, 0.25) is 12.6 Å². The van der Waals surface area contributed by atoms with Gasteiger partial charge in [-0.15, -0.1) is 0 Å². The van der Waals surface area contributed by atoms with Crippen LogP contribution in [0.4, 0.5) is 0 Å². The Kier molecular flexibility index (Phi) is 5.93. The van der Waals surface area contributed by atoms with E-state index in [-0.39, 0.29) is 0 Å². The van der Waals surface area contributed by atoms with E-state index in [2.05, 4.69) is 56.6 Å². The minimum Gasteiger partial charge on any atom is -0.176 e. The highest BCUT2D eigenvalue weighted by atomic mass is 32.2. The first-order chi connectivity index (χ1) is 7.26. The Hall–Kier alpha value is -0.365. The largest absolute Gasteiger partial charge is 0.215 e. The molecule has 0 aliphatic rings. The van der Waals surface area contributed by atoms with Crippen LogP contribution in [0.15, 0.2) is 29.2 Å². The van der Waals surface area contributed by atoms with E-state index in [0.29, 0.717) is 0 Å². The summed E-state index contributed by atoms with van der Waals surface area (Å²) in [6, 6.07) is 8.85. The van der Waals surface area contributed by atoms with E-state index in [9.17, 15) is 0 Å². The lowest BCUT2D eigenvalue weighted by Gasteiger charge is -2.11. The van der Waals surface area contributed by atoms with Crippen LogP contribution in [0.5, 0.6) is 0 Å². The summed E-state index contributed by atoms with van der Waals surface area (Å²) in [6.45, 7) is 6.72. The molecular formula is C13H21BS. The summed E-state index contributed by atoms with van der Waals surface area (Å²) in [5.41, 5.74) is 1.37. The predicted octanol–water partition coefficient (Wildman–Crippen LogP) is 4.90. The van der Waals surface area contributed by atoms with Gasteiger partial charge in [-0.25, -0.2) is 0 Å². The van der Waals surface area contributed by atoms with Gasteiger partial charge in [-0.3, -0.25) is 0 Å². The molecule has 0 aliphatic heterocycles. The Balaban J connectivity index is 2.56. The van der Waals surface area contributed by atoms with Crippen molar-refractivity contribution in [2.24, 2.45) is 0 Å². The monoisotopic (exact) mass is 220 g/mol. The van der Waals surface area contributed by atoms with Crippen LogP contribution in [0.1, 0.15) is 32.3 Å². The quantitative estimate of drug-likeness (QED) is 0.614. The molecule has 1 aromatic rings. The third-order valence-corrected chi connectivity index (χ3v) is 3.84. The van der Waals surface area contributed by atoms with Gasteiger partial charge in [-0.1, -0.05) is 57.0 Å². The van der Waals surface area contributed by atoms with Gasteiger partial charge >= 0.3 is 0 Å². The fourth-order valence-corrected chi connectivity index (χ4v) is 3.29. The van der Waals surface area contributed by atoms with E-state index in [0.717, 1.165) is 5.99 Å². The summed E-state index contributed by atoms with van der Waals surface area (Å²) in [5.74, 6) is 0.807. The van der Waals surface area contributed by atoms with Crippen molar-refractivity contribution in [3.05, 3.63) is 29.8 Å². The topological polar surface area (TPSA) is 0 Å². The van der Waals surface area contributed by atoms with Crippen molar-refractivity contribution in [1.82, 2.24) is 0 Å². The van der Waals surface area contributed by atoms with Crippen molar-refractivity contribution in [3.8, 4) is 0 Å². The van der Waals surface area contributed by atoms with Crippen LogP contribution < -0.4 is 0 Å². The molecule has 0 spiro atoms. The number of hydrogen-bond acceptors (Lipinski definition) is 1. The highest BCUT2D eigenvalue weighted by Gasteiger charge is 2.12. The minimum absolute atomic E-state index is 0.807. The minimum atomic E-state index is 0.807. The molecule has 2 heteroatoms. The maximum atomic E-state index is 2.29. The maximum absolute atomic E-state index is 2.29. The molecule has 82 valence electrons. The van der Waals surface area contributed by atoms with Crippen LogP contribution in [0.25, 0.3) is 0 Å². The lowest BCUT2D eigenvalue weighted by Crippen LogP contribution is -2.05. The van der Waals surface area contributed by atoms with E-state index in [1.165, 1.54) is 35.9 Å². The molecule has 1 rings (SSSR count). The second-order valence-corrected chi connectivity index (χ2v) is 5.51. The van der Waals surface area contributed by atoms with Gasteiger partial charge in [0.2, 0.25) is 5.99 Å². The molecule has 1 aromatic carbocycles. The zero-order valence-electron chi connectivity index (χ0n) is 10.1. The molecule has 0 amide bonds. The van der Waals surface area contributed by atoms with Crippen LogP contribution in [0, 0.1) is 6.92 Å². The first-order valence-electron chi connectivity index (χ1n) is 5.99. The van der Waals surface area contributed by atoms with Gasteiger partial charge in [-0.2, -0.15) is 11.6 Å². The first kappa shape index (κ1) is 12.7. The average molecular weight is 220 g/mol. The zero-order chi connectivity index (χ0) is 11.1. The lowest BCUT2D eigenvalue weighted by molar-refractivity contribution is 1.02. The number of rotatable bonds is 6. The standard InChI is InChI=1S/C13H21BS/c1-4-9-14(10-5-2)15-13-8-6-7-12(3)11-13/h6-8,11H,4-5,9-10H2,1-3H3. The molecule has 15 heavy (non-hydrogen) atoms. The van der Waals surface area contributed by atoms with Crippen molar-refractivity contribution in [2.75, 3.05) is 0 Å². The molecule has 0 saturated carbocycles. The Morgan fingerprint density at radius 2 is 1.80 bits per heavy atom. The Morgan fingerprint density at radius 1 is 1.13 bits per heavy atom. The normalized spacial score (nSPS) is 10.3. The van der Waals surface area contributed by atoms with Crippen LogP contribution >= 0.6 is 11.6 Å². The third-order valence-electron chi connectivity index (χ3n) is 2.51. The van der Waals surface area contributed by atoms with Gasteiger partial charge in [0.15, 0.2) is 0 Å². The van der Waals surface area contributed by atoms with Gasteiger partial charge < -0.3 is 0 Å².